The van der Waals surface area contributed by atoms with Crippen LogP contribution in [0.15, 0.2) is 48.7 Å². The van der Waals surface area contributed by atoms with Gasteiger partial charge in [0.15, 0.2) is 5.78 Å². The number of hydrogen-bond acceptors (Lipinski definition) is 5. The highest BCUT2D eigenvalue weighted by molar-refractivity contribution is 6.36. The average molecular weight is 497 g/mol. The number of allylic oxidation sites excluding steroid dienone is 1. The number of hydrogen-bond donors (Lipinski definition) is 0. The van der Waals surface area contributed by atoms with Gasteiger partial charge in [-0.2, -0.15) is 0 Å². The molecule has 2 aromatic carbocycles. The van der Waals surface area contributed by atoms with Crippen LogP contribution >= 0.6 is 0 Å². The van der Waals surface area contributed by atoms with Gasteiger partial charge in [0.2, 0.25) is 5.95 Å². The number of benzene rings is 2. The molecule has 0 fully saturated rings. The number of carbonyl (C=O) groups excluding carboxylic acids is 2. The fourth-order valence-corrected chi connectivity index (χ4v) is 6.18. The van der Waals surface area contributed by atoms with Crippen LogP contribution in [-0.4, -0.2) is 33.7 Å². The summed E-state index contributed by atoms with van der Waals surface area (Å²) < 4.78 is 14.6. The van der Waals surface area contributed by atoms with Gasteiger partial charge < -0.3 is 9.80 Å². The summed E-state index contributed by atoms with van der Waals surface area (Å²) in [6.07, 6.45) is 4.50. The van der Waals surface area contributed by atoms with E-state index in [1.165, 1.54) is 35.5 Å². The molecule has 6 nitrogen and oxygen atoms in total. The summed E-state index contributed by atoms with van der Waals surface area (Å²) >= 11 is 0. The molecular formula is C30H29FN4O2. The third kappa shape index (κ3) is 3.76. The topological polar surface area (TPSA) is 66.4 Å². The number of ketones is 1. The minimum absolute atomic E-state index is 0.100. The fraction of sp³-hybridized carbons (Fsp3) is 0.333. The zero-order valence-corrected chi connectivity index (χ0v) is 21.5. The van der Waals surface area contributed by atoms with E-state index in [4.69, 9.17) is 0 Å². The second kappa shape index (κ2) is 8.33. The molecule has 0 aliphatic carbocycles. The molecule has 3 aliphatic heterocycles. The van der Waals surface area contributed by atoms with Gasteiger partial charge in [-0.15, -0.1) is 0 Å². The number of nitrogens with zero attached hydrogens (tertiary/aromatic N) is 4. The van der Waals surface area contributed by atoms with Crippen LogP contribution in [0.5, 0.6) is 0 Å². The Kier molecular flexibility index (Phi) is 5.30. The van der Waals surface area contributed by atoms with Crippen molar-refractivity contribution in [2.75, 3.05) is 16.3 Å². The molecule has 37 heavy (non-hydrogen) atoms. The Morgan fingerprint density at radius 3 is 2.70 bits per heavy atom. The number of aryl methyl sites for hydroxylation is 1. The van der Waals surface area contributed by atoms with Gasteiger partial charge in [-0.3, -0.25) is 9.59 Å². The van der Waals surface area contributed by atoms with E-state index in [0.717, 1.165) is 30.8 Å². The van der Waals surface area contributed by atoms with Crippen LogP contribution < -0.4 is 9.80 Å². The van der Waals surface area contributed by atoms with Crippen LogP contribution in [0.4, 0.5) is 16.0 Å². The molecule has 0 saturated heterocycles. The summed E-state index contributed by atoms with van der Waals surface area (Å²) in [5.41, 5.74) is 5.27. The molecule has 1 atom stereocenters. The Balaban J connectivity index is 1.33. The minimum Gasteiger partial charge on any atom is -0.336 e. The molecule has 188 valence electrons. The summed E-state index contributed by atoms with van der Waals surface area (Å²) in [5, 5.41) is 0. The molecule has 6 rings (SSSR count). The van der Waals surface area contributed by atoms with E-state index in [2.05, 4.69) is 40.0 Å². The number of fused-ring (bicyclic) bond motifs is 1. The van der Waals surface area contributed by atoms with Gasteiger partial charge in [0.1, 0.15) is 5.82 Å². The van der Waals surface area contributed by atoms with Gasteiger partial charge >= 0.3 is 0 Å². The average Bonchev–Trinajstić information content (AvgIpc) is 3.14. The zero-order valence-electron chi connectivity index (χ0n) is 21.5. The normalized spacial score (nSPS) is 20.7. The van der Waals surface area contributed by atoms with Crippen LogP contribution in [0.1, 0.15) is 71.4 Å². The van der Waals surface area contributed by atoms with Crippen LogP contribution in [0, 0.1) is 12.7 Å². The lowest BCUT2D eigenvalue weighted by Gasteiger charge is -2.43. The first kappa shape index (κ1) is 23.5. The minimum atomic E-state index is -0.442. The molecule has 1 unspecified atom stereocenters. The maximum Gasteiger partial charge on any atom is 0.259 e. The second-order valence-electron chi connectivity index (χ2n) is 11.0. The number of anilines is 2. The van der Waals surface area contributed by atoms with E-state index < -0.39 is 11.4 Å². The first-order valence-corrected chi connectivity index (χ1v) is 12.7. The van der Waals surface area contributed by atoms with E-state index in [1.807, 2.05) is 19.9 Å². The summed E-state index contributed by atoms with van der Waals surface area (Å²) in [6.45, 7) is 9.38. The first-order chi connectivity index (χ1) is 17.6. The molecule has 3 aliphatic rings. The van der Waals surface area contributed by atoms with E-state index in [-0.39, 0.29) is 23.2 Å². The van der Waals surface area contributed by atoms with Crippen molar-refractivity contribution in [1.82, 2.24) is 9.97 Å². The van der Waals surface area contributed by atoms with Crippen LogP contribution in [0.2, 0.25) is 0 Å². The Bertz CT molecular complexity index is 1510. The van der Waals surface area contributed by atoms with E-state index >= 15 is 0 Å². The van der Waals surface area contributed by atoms with Crippen molar-refractivity contribution in [3.05, 3.63) is 88.0 Å². The zero-order chi connectivity index (χ0) is 26.1. The van der Waals surface area contributed by atoms with Crippen molar-refractivity contribution in [1.29, 1.82) is 0 Å². The van der Waals surface area contributed by atoms with Gasteiger partial charge in [0, 0.05) is 30.4 Å². The monoisotopic (exact) mass is 496 g/mol. The highest BCUT2D eigenvalue weighted by Crippen LogP contribution is 2.52. The van der Waals surface area contributed by atoms with Crippen molar-refractivity contribution in [3.8, 4) is 0 Å². The molecule has 0 radical (unpaired) electrons. The van der Waals surface area contributed by atoms with E-state index in [0.29, 0.717) is 29.2 Å². The fourth-order valence-electron chi connectivity index (χ4n) is 6.18. The molecule has 4 heterocycles. The van der Waals surface area contributed by atoms with Crippen LogP contribution in [0.3, 0.4) is 0 Å². The van der Waals surface area contributed by atoms with Crippen molar-refractivity contribution >= 4 is 28.9 Å². The summed E-state index contributed by atoms with van der Waals surface area (Å²) in [4.78, 5) is 40.0. The summed E-state index contributed by atoms with van der Waals surface area (Å²) in [6, 6.07) is 11.2. The Morgan fingerprint density at radius 1 is 1.19 bits per heavy atom. The Morgan fingerprint density at radius 2 is 1.95 bits per heavy atom. The van der Waals surface area contributed by atoms with Gasteiger partial charge in [-0.05, 0) is 74.4 Å². The molecule has 7 heteroatoms. The number of carbonyl (C=O) groups is 2. The van der Waals surface area contributed by atoms with E-state index in [1.54, 1.807) is 11.8 Å². The van der Waals surface area contributed by atoms with Crippen molar-refractivity contribution in [3.63, 3.8) is 0 Å². The largest absolute Gasteiger partial charge is 0.336 e. The van der Waals surface area contributed by atoms with Crippen LogP contribution in [0.25, 0.3) is 5.57 Å². The molecule has 0 bridgehead atoms. The molecule has 0 N–H and O–H groups in total. The van der Waals surface area contributed by atoms with Crippen molar-refractivity contribution in [2.45, 2.75) is 58.5 Å². The van der Waals surface area contributed by atoms with Gasteiger partial charge in [-0.1, -0.05) is 31.2 Å². The maximum absolute atomic E-state index is 14.6. The molecule has 3 aromatic rings. The number of amides is 1. The highest BCUT2D eigenvalue weighted by Gasteiger charge is 2.47. The molecular weight excluding hydrogens is 467 g/mol. The van der Waals surface area contributed by atoms with Gasteiger partial charge in [0.05, 0.1) is 22.5 Å². The maximum atomic E-state index is 14.6. The first-order valence-electron chi connectivity index (χ1n) is 12.7. The third-order valence-electron chi connectivity index (χ3n) is 7.91. The SMILES string of the molecule is Cc1nc(N2CCc3ccccc3C2)ncc1C(=O)C=C1C(=O)N2c3c1cc(F)cc3C(C)CC2(C)C. The Labute approximate surface area is 215 Å². The predicted octanol–water partition coefficient (Wildman–Crippen LogP) is 5.39. The standard InChI is InChI=1S/C30H29FN4O2/c1-17-14-30(3,4)35-27-22(17)11-21(31)12-23(27)24(28(35)37)13-26(36)25-15-32-29(33-18(25)2)34-10-9-19-7-5-6-8-20(19)16-34/h5-8,11-13,15,17H,9-10,14,16H2,1-4H3. The molecule has 0 spiro atoms. The summed E-state index contributed by atoms with van der Waals surface area (Å²) in [5.74, 6) is -0.351. The van der Waals surface area contributed by atoms with E-state index in [9.17, 15) is 14.0 Å². The lowest BCUT2D eigenvalue weighted by molar-refractivity contribution is -0.114. The second-order valence-corrected chi connectivity index (χ2v) is 11.0. The smallest absolute Gasteiger partial charge is 0.259 e. The lowest BCUT2D eigenvalue weighted by atomic mass is 9.80. The summed E-state index contributed by atoms with van der Waals surface area (Å²) in [7, 11) is 0. The highest BCUT2D eigenvalue weighted by atomic mass is 19.1. The van der Waals surface area contributed by atoms with Crippen molar-refractivity contribution in [2.24, 2.45) is 0 Å². The van der Waals surface area contributed by atoms with Gasteiger partial charge in [-0.25, -0.2) is 14.4 Å². The number of rotatable bonds is 3. The number of halogens is 1. The molecule has 1 aromatic heterocycles. The Hall–Kier alpha value is -3.87. The van der Waals surface area contributed by atoms with Crippen molar-refractivity contribution < 1.29 is 14.0 Å². The van der Waals surface area contributed by atoms with Gasteiger partial charge in [0.25, 0.3) is 5.91 Å². The predicted molar refractivity (Wildman–Crippen MR) is 141 cm³/mol. The van der Waals surface area contributed by atoms with Crippen LogP contribution in [-0.2, 0) is 17.8 Å². The lowest BCUT2D eigenvalue weighted by Crippen LogP contribution is -2.49. The third-order valence-corrected chi connectivity index (χ3v) is 7.91. The quantitative estimate of drug-likeness (QED) is 0.360. The number of aromatic nitrogens is 2. The molecule has 0 saturated carbocycles. The molecule has 1 amide bonds.